The van der Waals surface area contributed by atoms with Crippen molar-refractivity contribution in [3.8, 4) is 0 Å². The molecule has 1 saturated carbocycles. The van der Waals surface area contributed by atoms with E-state index in [1.165, 1.54) is 12.8 Å². The predicted octanol–water partition coefficient (Wildman–Crippen LogP) is 2.98. The predicted molar refractivity (Wildman–Crippen MR) is 62.0 cm³/mol. The monoisotopic (exact) mass is 225 g/mol. The standard InChI is InChI=1S/C11H16ClN3/c1-8(2)11(4-5-11)7-14-9-3-6-13-10(12)15-9/h3,6,8H,4-5,7H2,1-2H3,(H,13,14,15). The lowest BCUT2D eigenvalue weighted by Crippen LogP contribution is -2.21. The largest absolute Gasteiger partial charge is 0.369 e. The van der Waals surface area contributed by atoms with Gasteiger partial charge in [-0.1, -0.05) is 13.8 Å². The zero-order valence-electron chi connectivity index (χ0n) is 9.13. The molecule has 0 saturated heterocycles. The van der Waals surface area contributed by atoms with Crippen LogP contribution in [-0.2, 0) is 0 Å². The molecule has 0 atom stereocenters. The van der Waals surface area contributed by atoms with E-state index in [1.54, 1.807) is 6.20 Å². The highest BCUT2D eigenvalue weighted by atomic mass is 35.5. The molecule has 1 aromatic rings. The zero-order chi connectivity index (χ0) is 10.9. The summed E-state index contributed by atoms with van der Waals surface area (Å²) in [6, 6.07) is 1.85. The molecule has 2 rings (SSSR count). The minimum atomic E-state index is 0.300. The third kappa shape index (κ3) is 2.40. The third-order valence-electron chi connectivity index (χ3n) is 3.36. The molecule has 0 spiro atoms. The number of aromatic nitrogens is 2. The van der Waals surface area contributed by atoms with Crippen molar-refractivity contribution in [2.45, 2.75) is 26.7 Å². The van der Waals surface area contributed by atoms with Gasteiger partial charge in [0.1, 0.15) is 5.82 Å². The van der Waals surface area contributed by atoms with Crippen molar-refractivity contribution in [1.29, 1.82) is 0 Å². The maximum absolute atomic E-state index is 5.71. The van der Waals surface area contributed by atoms with Crippen molar-refractivity contribution in [1.82, 2.24) is 9.97 Å². The van der Waals surface area contributed by atoms with Gasteiger partial charge in [-0.15, -0.1) is 0 Å². The average Bonchev–Trinajstić information content (AvgIpc) is 2.96. The summed E-state index contributed by atoms with van der Waals surface area (Å²) in [4.78, 5) is 7.96. The molecule has 0 amide bonds. The Morgan fingerprint density at radius 1 is 1.53 bits per heavy atom. The summed E-state index contributed by atoms with van der Waals surface area (Å²) in [7, 11) is 0. The number of rotatable bonds is 4. The second-order valence-corrected chi connectivity index (χ2v) is 4.92. The molecule has 1 aromatic heterocycles. The Hall–Kier alpha value is -0.830. The van der Waals surface area contributed by atoms with Crippen LogP contribution in [0.5, 0.6) is 0 Å². The van der Waals surface area contributed by atoms with Gasteiger partial charge >= 0.3 is 0 Å². The van der Waals surface area contributed by atoms with E-state index in [9.17, 15) is 0 Å². The molecule has 1 N–H and O–H groups in total. The summed E-state index contributed by atoms with van der Waals surface area (Å²) < 4.78 is 0. The van der Waals surface area contributed by atoms with Crippen LogP contribution in [0.15, 0.2) is 12.3 Å². The third-order valence-corrected chi connectivity index (χ3v) is 3.55. The quantitative estimate of drug-likeness (QED) is 0.801. The van der Waals surface area contributed by atoms with Gasteiger partial charge in [-0.05, 0) is 41.8 Å². The summed E-state index contributed by atoms with van der Waals surface area (Å²) in [5.74, 6) is 1.55. The Morgan fingerprint density at radius 2 is 2.27 bits per heavy atom. The van der Waals surface area contributed by atoms with Crippen molar-refractivity contribution < 1.29 is 0 Å². The second-order valence-electron chi connectivity index (χ2n) is 4.58. The first-order chi connectivity index (χ1) is 7.12. The van der Waals surface area contributed by atoms with E-state index in [0.29, 0.717) is 10.7 Å². The smallest absolute Gasteiger partial charge is 0.224 e. The highest BCUT2D eigenvalue weighted by Gasteiger charge is 2.44. The van der Waals surface area contributed by atoms with E-state index in [0.717, 1.165) is 18.3 Å². The van der Waals surface area contributed by atoms with Gasteiger partial charge in [0.05, 0.1) is 0 Å². The molecule has 1 heterocycles. The Morgan fingerprint density at radius 3 is 2.80 bits per heavy atom. The average molecular weight is 226 g/mol. The molecular weight excluding hydrogens is 210 g/mol. The van der Waals surface area contributed by atoms with E-state index in [2.05, 4.69) is 29.1 Å². The minimum Gasteiger partial charge on any atom is -0.369 e. The highest BCUT2D eigenvalue weighted by Crippen LogP contribution is 2.51. The summed E-state index contributed by atoms with van der Waals surface area (Å²) in [6.07, 6.45) is 4.31. The van der Waals surface area contributed by atoms with Gasteiger partial charge in [0.2, 0.25) is 5.28 Å². The Bertz CT molecular complexity index is 347. The van der Waals surface area contributed by atoms with Crippen molar-refractivity contribution in [2.24, 2.45) is 11.3 Å². The van der Waals surface area contributed by atoms with Crippen molar-refractivity contribution in [3.63, 3.8) is 0 Å². The Kier molecular flexibility index (Phi) is 2.83. The first-order valence-electron chi connectivity index (χ1n) is 5.35. The molecule has 4 heteroatoms. The fourth-order valence-corrected chi connectivity index (χ4v) is 1.97. The van der Waals surface area contributed by atoms with Gasteiger partial charge < -0.3 is 5.32 Å². The maximum atomic E-state index is 5.71. The van der Waals surface area contributed by atoms with Gasteiger partial charge in [-0.25, -0.2) is 9.97 Å². The number of hydrogen-bond donors (Lipinski definition) is 1. The van der Waals surface area contributed by atoms with Crippen LogP contribution in [0.1, 0.15) is 26.7 Å². The van der Waals surface area contributed by atoms with E-state index >= 15 is 0 Å². The van der Waals surface area contributed by atoms with Gasteiger partial charge in [0.15, 0.2) is 0 Å². The molecule has 1 fully saturated rings. The normalized spacial score (nSPS) is 17.9. The lowest BCUT2D eigenvalue weighted by atomic mass is 9.92. The number of anilines is 1. The van der Waals surface area contributed by atoms with Crippen LogP contribution in [0.2, 0.25) is 5.28 Å². The molecule has 0 aliphatic heterocycles. The van der Waals surface area contributed by atoms with Crippen LogP contribution in [-0.4, -0.2) is 16.5 Å². The molecule has 0 bridgehead atoms. The van der Waals surface area contributed by atoms with Gasteiger partial charge in [0.25, 0.3) is 0 Å². The van der Waals surface area contributed by atoms with Crippen molar-refractivity contribution >= 4 is 17.4 Å². The van der Waals surface area contributed by atoms with Crippen LogP contribution in [0.4, 0.5) is 5.82 Å². The molecule has 3 nitrogen and oxygen atoms in total. The topological polar surface area (TPSA) is 37.8 Å². The van der Waals surface area contributed by atoms with Gasteiger partial charge in [0, 0.05) is 12.7 Å². The number of hydrogen-bond acceptors (Lipinski definition) is 3. The van der Waals surface area contributed by atoms with Crippen LogP contribution >= 0.6 is 11.6 Å². The molecule has 1 aliphatic carbocycles. The summed E-state index contributed by atoms with van der Waals surface area (Å²) in [5, 5.41) is 3.63. The lowest BCUT2D eigenvalue weighted by Gasteiger charge is -2.20. The molecule has 0 radical (unpaired) electrons. The maximum Gasteiger partial charge on any atom is 0.224 e. The zero-order valence-corrected chi connectivity index (χ0v) is 9.88. The van der Waals surface area contributed by atoms with Gasteiger partial charge in [-0.3, -0.25) is 0 Å². The van der Waals surface area contributed by atoms with Crippen LogP contribution < -0.4 is 5.32 Å². The van der Waals surface area contributed by atoms with Crippen LogP contribution in [0.3, 0.4) is 0 Å². The molecule has 0 unspecified atom stereocenters. The van der Waals surface area contributed by atoms with E-state index < -0.39 is 0 Å². The minimum absolute atomic E-state index is 0.300. The second kappa shape index (κ2) is 3.97. The van der Waals surface area contributed by atoms with E-state index in [4.69, 9.17) is 11.6 Å². The Labute approximate surface area is 95.3 Å². The molecular formula is C11H16ClN3. The van der Waals surface area contributed by atoms with Crippen molar-refractivity contribution in [2.75, 3.05) is 11.9 Å². The van der Waals surface area contributed by atoms with Crippen LogP contribution in [0, 0.1) is 11.3 Å². The first-order valence-corrected chi connectivity index (χ1v) is 5.73. The highest BCUT2D eigenvalue weighted by molar-refractivity contribution is 6.28. The summed E-state index contributed by atoms with van der Waals surface area (Å²) in [6.45, 7) is 5.54. The number of nitrogens with one attached hydrogen (secondary N) is 1. The number of halogens is 1. The van der Waals surface area contributed by atoms with Gasteiger partial charge in [-0.2, -0.15) is 0 Å². The molecule has 82 valence electrons. The fraction of sp³-hybridized carbons (Fsp3) is 0.636. The molecule has 1 aliphatic rings. The SMILES string of the molecule is CC(C)C1(CNc2ccnc(Cl)n2)CC1. The van der Waals surface area contributed by atoms with Crippen LogP contribution in [0.25, 0.3) is 0 Å². The van der Waals surface area contributed by atoms with E-state index in [-0.39, 0.29) is 0 Å². The Balaban J connectivity index is 1.94. The first kappa shape index (κ1) is 10.7. The summed E-state index contributed by atoms with van der Waals surface area (Å²) >= 11 is 5.71. The number of nitrogens with zero attached hydrogens (tertiary/aromatic N) is 2. The van der Waals surface area contributed by atoms with Crippen molar-refractivity contribution in [3.05, 3.63) is 17.5 Å². The van der Waals surface area contributed by atoms with E-state index in [1.807, 2.05) is 6.07 Å². The molecule has 0 aromatic carbocycles. The summed E-state index contributed by atoms with van der Waals surface area (Å²) in [5.41, 5.74) is 0.484. The fourth-order valence-electron chi connectivity index (χ4n) is 1.82. The molecule has 15 heavy (non-hydrogen) atoms. The lowest BCUT2D eigenvalue weighted by molar-refractivity contribution is 0.380.